The molecule has 18 heavy (non-hydrogen) atoms. The molecule has 5 nitrogen and oxygen atoms in total. The fourth-order valence-electron chi connectivity index (χ4n) is 1.51. The summed E-state index contributed by atoms with van der Waals surface area (Å²) in [5, 5.41) is 9.95. The van der Waals surface area contributed by atoms with Crippen LogP contribution in [-0.4, -0.2) is 34.8 Å². The standard InChI is InChI=1S/C12H12N2O3S/c1-17-7-4-9-14-10(11(18-9)12(15)16)8-2-5-13-6-3-8/h2-3,5-6H,4,7H2,1H3,(H,15,16). The summed E-state index contributed by atoms with van der Waals surface area (Å²) in [6.45, 7) is 0.530. The number of methoxy groups -OCH3 is 1. The predicted molar refractivity (Wildman–Crippen MR) is 67.9 cm³/mol. The van der Waals surface area contributed by atoms with Gasteiger partial charge in [-0.1, -0.05) is 0 Å². The average molecular weight is 264 g/mol. The summed E-state index contributed by atoms with van der Waals surface area (Å²) in [7, 11) is 1.61. The highest BCUT2D eigenvalue weighted by Crippen LogP contribution is 2.28. The fraction of sp³-hybridized carbons (Fsp3) is 0.250. The maximum atomic E-state index is 11.2. The van der Waals surface area contributed by atoms with Crippen molar-refractivity contribution in [3.8, 4) is 11.3 Å². The molecule has 0 saturated carbocycles. The SMILES string of the molecule is COCCc1nc(-c2ccncc2)c(C(=O)O)s1. The third kappa shape index (κ3) is 2.72. The molecule has 94 valence electrons. The van der Waals surface area contributed by atoms with Crippen LogP contribution in [0.25, 0.3) is 11.3 Å². The van der Waals surface area contributed by atoms with Crippen molar-refractivity contribution in [2.24, 2.45) is 0 Å². The average Bonchev–Trinajstić information content (AvgIpc) is 2.82. The number of carboxylic acids is 1. The Morgan fingerprint density at radius 1 is 1.44 bits per heavy atom. The van der Waals surface area contributed by atoms with Crippen LogP contribution >= 0.6 is 11.3 Å². The van der Waals surface area contributed by atoms with Crippen molar-refractivity contribution in [3.63, 3.8) is 0 Å². The Morgan fingerprint density at radius 3 is 2.78 bits per heavy atom. The van der Waals surface area contributed by atoms with Crippen molar-refractivity contribution < 1.29 is 14.6 Å². The Bertz CT molecular complexity index is 540. The van der Waals surface area contributed by atoms with Crippen molar-refractivity contribution in [2.45, 2.75) is 6.42 Å². The lowest BCUT2D eigenvalue weighted by Crippen LogP contribution is -1.95. The van der Waals surface area contributed by atoms with Crippen molar-refractivity contribution in [3.05, 3.63) is 34.4 Å². The molecule has 0 spiro atoms. The van der Waals surface area contributed by atoms with Gasteiger partial charge in [-0.3, -0.25) is 4.98 Å². The minimum absolute atomic E-state index is 0.257. The molecule has 1 N–H and O–H groups in total. The highest BCUT2D eigenvalue weighted by molar-refractivity contribution is 7.14. The zero-order chi connectivity index (χ0) is 13.0. The summed E-state index contributed by atoms with van der Waals surface area (Å²) >= 11 is 1.19. The first-order chi connectivity index (χ1) is 8.72. The molecule has 0 atom stereocenters. The third-order valence-electron chi connectivity index (χ3n) is 2.34. The molecule has 0 fully saturated rings. The molecule has 0 aliphatic rings. The van der Waals surface area contributed by atoms with E-state index in [1.54, 1.807) is 31.6 Å². The number of aromatic carboxylic acids is 1. The van der Waals surface area contributed by atoms with Crippen LogP contribution in [0.3, 0.4) is 0 Å². The molecule has 2 aromatic rings. The summed E-state index contributed by atoms with van der Waals surface area (Å²) in [6.07, 6.45) is 3.86. The van der Waals surface area contributed by atoms with E-state index in [4.69, 9.17) is 4.74 Å². The molecule has 2 heterocycles. The number of carboxylic acid groups (broad SMARTS) is 1. The molecule has 0 amide bonds. The number of rotatable bonds is 5. The minimum Gasteiger partial charge on any atom is -0.477 e. The Labute approximate surface area is 108 Å². The largest absolute Gasteiger partial charge is 0.477 e. The second-order valence-electron chi connectivity index (χ2n) is 3.57. The number of pyridine rings is 1. The highest BCUT2D eigenvalue weighted by Gasteiger charge is 2.18. The van der Waals surface area contributed by atoms with Crippen LogP contribution in [-0.2, 0) is 11.2 Å². The lowest BCUT2D eigenvalue weighted by molar-refractivity contribution is 0.0702. The van der Waals surface area contributed by atoms with Gasteiger partial charge < -0.3 is 9.84 Å². The first-order valence-corrected chi connectivity index (χ1v) is 6.16. The summed E-state index contributed by atoms with van der Waals surface area (Å²) in [6, 6.07) is 3.50. The summed E-state index contributed by atoms with van der Waals surface area (Å²) in [5.74, 6) is -0.956. The smallest absolute Gasteiger partial charge is 0.348 e. The van der Waals surface area contributed by atoms with E-state index in [1.807, 2.05) is 0 Å². The first kappa shape index (κ1) is 12.7. The van der Waals surface area contributed by atoms with Gasteiger partial charge in [0.15, 0.2) is 0 Å². The van der Waals surface area contributed by atoms with Crippen molar-refractivity contribution in [1.82, 2.24) is 9.97 Å². The quantitative estimate of drug-likeness (QED) is 0.895. The molecule has 2 aromatic heterocycles. The van der Waals surface area contributed by atoms with Crippen LogP contribution in [0, 0.1) is 0 Å². The van der Waals surface area contributed by atoms with Crippen LogP contribution in [0.15, 0.2) is 24.5 Å². The van der Waals surface area contributed by atoms with Crippen LogP contribution in [0.4, 0.5) is 0 Å². The van der Waals surface area contributed by atoms with E-state index in [-0.39, 0.29) is 4.88 Å². The third-order valence-corrected chi connectivity index (χ3v) is 3.44. The zero-order valence-electron chi connectivity index (χ0n) is 9.79. The van der Waals surface area contributed by atoms with Gasteiger partial charge in [0, 0.05) is 31.5 Å². The van der Waals surface area contributed by atoms with E-state index in [0.717, 1.165) is 10.6 Å². The number of thiazole rings is 1. The van der Waals surface area contributed by atoms with E-state index in [1.165, 1.54) is 11.3 Å². The van der Waals surface area contributed by atoms with E-state index in [0.29, 0.717) is 18.7 Å². The van der Waals surface area contributed by atoms with Gasteiger partial charge in [0.2, 0.25) is 0 Å². The summed E-state index contributed by atoms with van der Waals surface area (Å²) in [5.41, 5.74) is 1.27. The Hall–Kier alpha value is -1.79. The topological polar surface area (TPSA) is 72.3 Å². The van der Waals surface area contributed by atoms with E-state index in [2.05, 4.69) is 9.97 Å². The normalized spacial score (nSPS) is 10.5. The fourth-order valence-corrected chi connectivity index (χ4v) is 2.42. The molecule has 2 rings (SSSR count). The van der Waals surface area contributed by atoms with Gasteiger partial charge in [-0.05, 0) is 12.1 Å². The number of hydrogen-bond donors (Lipinski definition) is 1. The zero-order valence-corrected chi connectivity index (χ0v) is 10.6. The molecule has 0 radical (unpaired) electrons. The van der Waals surface area contributed by atoms with Crippen molar-refractivity contribution in [1.29, 1.82) is 0 Å². The van der Waals surface area contributed by atoms with Gasteiger partial charge in [0.05, 0.1) is 17.3 Å². The summed E-state index contributed by atoms with van der Waals surface area (Å²) in [4.78, 5) is 19.7. The van der Waals surface area contributed by atoms with Crippen molar-refractivity contribution in [2.75, 3.05) is 13.7 Å². The molecule has 0 aliphatic carbocycles. The molecular weight excluding hydrogens is 252 g/mol. The molecule has 0 aliphatic heterocycles. The molecule has 6 heteroatoms. The highest BCUT2D eigenvalue weighted by atomic mass is 32.1. The number of carbonyl (C=O) groups is 1. The second-order valence-corrected chi connectivity index (χ2v) is 4.65. The van der Waals surface area contributed by atoms with Gasteiger partial charge >= 0.3 is 5.97 Å². The minimum atomic E-state index is -0.956. The van der Waals surface area contributed by atoms with Crippen molar-refractivity contribution >= 4 is 17.3 Å². The lowest BCUT2D eigenvalue weighted by atomic mass is 10.2. The molecule has 0 aromatic carbocycles. The van der Waals surface area contributed by atoms with Crippen LogP contribution < -0.4 is 0 Å². The first-order valence-electron chi connectivity index (χ1n) is 5.34. The maximum absolute atomic E-state index is 11.2. The van der Waals surface area contributed by atoms with Gasteiger partial charge in [0.1, 0.15) is 4.88 Å². The van der Waals surface area contributed by atoms with Gasteiger partial charge in [-0.25, -0.2) is 9.78 Å². The number of hydrogen-bond acceptors (Lipinski definition) is 5. The molecule has 0 saturated heterocycles. The summed E-state index contributed by atoms with van der Waals surface area (Å²) < 4.78 is 4.97. The number of nitrogens with zero attached hydrogens (tertiary/aromatic N) is 2. The molecule has 0 unspecified atom stereocenters. The van der Waals surface area contributed by atoms with Gasteiger partial charge in [0.25, 0.3) is 0 Å². The van der Waals surface area contributed by atoms with Crippen LogP contribution in [0.2, 0.25) is 0 Å². The Kier molecular flexibility index (Phi) is 4.01. The van der Waals surface area contributed by atoms with E-state index in [9.17, 15) is 9.90 Å². The second kappa shape index (κ2) is 5.70. The van der Waals surface area contributed by atoms with Gasteiger partial charge in [-0.2, -0.15) is 0 Å². The lowest BCUT2D eigenvalue weighted by Gasteiger charge is -1.97. The van der Waals surface area contributed by atoms with Gasteiger partial charge in [-0.15, -0.1) is 11.3 Å². The van der Waals surface area contributed by atoms with E-state index >= 15 is 0 Å². The maximum Gasteiger partial charge on any atom is 0.348 e. The number of ether oxygens (including phenoxy) is 1. The van der Waals surface area contributed by atoms with Crippen LogP contribution in [0.5, 0.6) is 0 Å². The Balaban J connectivity index is 2.39. The van der Waals surface area contributed by atoms with E-state index < -0.39 is 5.97 Å². The molecule has 0 bridgehead atoms. The predicted octanol–water partition coefficient (Wildman–Crippen LogP) is 2.09. The Morgan fingerprint density at radius 2 is 2.17 bits per heavy atom. The monoisotopic (exact) mass is 264 g/mol. The molecular formula is C12H12N2O3S. The number of aromatic nitrogens is 2. The van der Waals surface area contributed by atoms with Crippen LogP contribution in [0.1, 0.15) is 14.7 Å².